The number of hydrazine groups is 1. The summed E-state index contributed by atoms with van der Waals surface area (Å²) in [5.41, 5.74) is 2.92. The Morgan fingerprint density at radius 2 is 1.61 bits per heavy atom. The molecule has 5 atom stereocenters. The second-order valence-corrected chi connectivity index (χ2v) is 12.9. The molecule has 41 heavy (non-hydrogen) atoms. The van der Waals surface area contributed by atoms with Gasteiger partial charge in [0.1, 0.15) is 0 Å². The maximum absolute atomic E-state index is 13.8. The molecule has 3 amide bonds. The fraction of sp³-hybridized carbons (Fsp3) is 0.848. The van der Waals surface area contributed by atoms with Crippen LogP contribution < -0.4 is 10.7 Å². The summed E-state index contributed by atoms with van der Waals surface area (Å²) in [6, 6.07) is -0.432. The lowest BCUT2D eigenvalue weighted by Crippen LogP contribution is -2.54. The first-order valence-corrected chi connectivity index (χ1v) is 16.4. The molecule has 3 N–H and O–H groups in total. The number of carbonyl (C=O) groups is 3. The topological polar surface area (TPSA) is 102 Å². The highest BCUT2D eigenvalue weighted by molar-refractivity contribution is 5.83. The smallest absolute Gasteiger partial charge is 0.234 e. The van der Waals surface area contributed by atoms with E-state index < -0.39 is 12.1 Å². The van der Waals surface area contributed by atoms with Crippen molar-refractivity contribution in [1.29, 1.82) is 0 Å². The Balaban J connectivity index is 2.15. The van der Waals surface area contributed by atoms with Crippen molar-refractivity contribution in [1.82, 2.24) is 20.7 Å². The molecule has 2 saturated carbocycles. The summed E-state index contributed by atoms with van der Waals surface area (Å²) in [5, 5.41) is 16.4. The molecule has 2 rings (SSSR count). The molecule has 234 valence electrons. The van der Waals surface area contributed by atoms with Crippen molar-refractivity contribution in [2.45, 2.75) is 124 Å². The fourth-order valence-electron chi connectivity index (χ4n) is 6.60. The predicted molar refractivity (Wildman–Crippen MR) is 164 cm³/mol. The van der Waals surface area contributed by atoms with Gasteiger partial charge in [-0.05, 0) is 50.4 Å². The van der Waals surface area contributed by atoms with Crippen molar-refractivity contribution in [2.75, 3.05) is 26.2 Å². The molecule has 0 spiro atoms. The average Bonchev–Trinajstić information content (AvgIpc) is 2.95. The summed E-state index contributed by atoms with van der Waals surface area (Å²) < 4.78 is 0. The number of terminal acetylenes is 1. The zero-order chi connectivity index (χ0) is 30.4. The van der Waals surface area contributed by atoms with Crippen LogP contribution in [0.2, 0.25) is 0 Å². The minimum absolute atomic E-state index is 0.0691. The SMILES string of the molecule is C#CC1CC(C(=O)NC(CC2CCCCC2)C(O)CN(CC)NC(=O)CC(C)C)CC(C(=O)N(CCC)CCC)C1. The molecule has 5 unspecified atom stereocenters. The van der Waals surface area contributed by atoms with E-state index in [1.807, 2.05) is 25.7 Å². The number of nitrogens with zero attached hydrogens (tertiary/aromatic N) is 2. The quantitative estimate of drug-likeness (QED) is 0.186. The molecule has 2 fully saturated rings. The van der Waals surface area contributed by atoms with Gasteiger partial charge in [-0.25, -0.2) is 5.01 Å². The highest BCUT2D eigenvalue weighted by Crippen LogP contribution is 2.35. The molecule has 0 aromatic rings. The molecule has 2 aliphatic carbocycles. The largest absolute Gasteiger partial charge is 0.390 e. The molecule has 0 aliphatic heterocycles. The van der Waals surface area contributed by atoms with Gasteiger partial charge in [0.05, 0.1) is 12.1 Å². The molecule has 0 heterocycles. The lowest BCUT2D eigenvalue weighted by Gasteiger charge is -2.37. The van der Waals surface area contributed by atoms with E-state index >= 15 is 0 Å². The van der Waals surface area contributed by atoms with E-state index in [9.17, 15) is 19.5 Å². The highest BCUT2D eigenvalue weighted by atomic mass is 16.3. The van der Waals surface area contributed by atoms with Gasteiger partial charge in [-0.15, -0.1) is 12.3 Å². The van der Waals surface area contributed by atoms with E-state index in [4.69, 9.17) is 6.42 Å². The minimum atomic E-state index is -0.839. The summed E-state index contributed by atoms with van der Waals surface area (Å²) in [6.45, 7) is 12.3. The second-order valence-electron chi connectivity index (χ2n) is 12.9. The number of hydrogen-bond acceptors (Lipinski definition) is 5. The summed E-state index contributed by atoms with van der Waals surface area (Å²) in [4.78, 5) is 41.5. The van der Waals surface area contributed by atoms with Crippen LogP contribution in [0.25, 0.3) is 0 Å². The van der Waals surface area contributed by atoms with E-state index in [1.165, 1.54) is 19.3 Å². The molecule has 8 heteroatoms. The van der Waals surface area contributed by atoms with Crippen LogP contribution in [0.1, 0.15) is 112 Å². The van der Waals surface area contributed by atoms with Crippen LogP contribution in [0.15, 0.2) is 0 Å². The number of likely N-dealkylation sites (N-methyl/N-ethyl adjacent to an activating group) is 1. The van der Waals surface area contributed by atoms with E-state index in [0.29, 0.717) is 44.6 Å². The van der Waals surface area contributed by atoms with Gasteiger partial charge >= 0.3 is 0 Å². The van der Waals surface area contributed by atoms with Crippen molar-refractivity contribution in [3.8, 4) is 12.3 Å². The maximum Gasteiger partial charge on any atom is 0.234 e. The van der Waals surface area contributed by atoms with E-state index in [1.54, 1.807) is 5.01 Å². The number of rotatable bonds is 16. The van der Waals surface area contributed by atoms with Crippen molar-refractivity contribution in [3.63, 3.8) is 0 Å². The Kier molecular flexibility index (Phi) is 15.8. The van der Waals surface area contributed by atoms with Gasteiger partial charge in [-0.2, -0.15) is 0 Å². The van der Waals surface area contributed by atoms with E-state index in [2.05, 4.69) is 30.5 Å². The van der Waals surface area contributed by atoms with Gasteiger partial charge in [-0.1, -0.05) is 66.7 Å². The van der Waals surface area contributed by atoms with Crippen LogP contribution in [0, 0.1) is 41.9 Å². The van der Waals surface area contributed by atoms with Crippen molar-refractivity contribution in [2.24, 2.45) is 29.6 Å². The van der Waals surface area contributed by atoms with Gasteiger partial charge in [-0.3, -0.25) is 19.8 Å². The highest BCUT2D eigenvalue weighted by Gasteiger charge is 2.38. The van der Waals surface area contributed by atoms with Crippen LogP contribution >= 0.6 is 0 Å². The molecule has 0 aromatic carbocycles. The minimum Gasteiger partial charge on any atom is -0.390 e. The zero-order valence-corrected chi connectivity index (χ0v) is 26.5. The zero-order valence-electron chi connectivity index (χ0n) is 26.5. The van der Waals surface area contributed by atoms with Gasteiger partial charge in [0.15, 0.2) is 0 Å². The summed E-state index contributed by atoms with van der Waals surface area (Å²) in [7, 11) is 0. The Bertz CT molecular complexity index is 845. The van der Waals surface area contributed by atoms with Crippen molar-refractivity contribution in [3.05, 3.63) is 0 Å². The first-order valence-electron chi connectivity index (χ1n) is 16.4. The number of carbonyl (C=O) groups excluding carboxylic acids is 3. The Morgan fingerprint density at radius 3 is 2.17 bits per heavy atom. The maximum atomic E-state index is 13.8. The predicted octanol–water partition coefficient (Wildman–Crippen LogP) is 4.52. The molecular weight excluding hydrogens is 516 g/mol. The fourth-order valence-corrected chi connectivity index (χ4v) is 6.60. The third-order valence-corrected chi connectivity index (χ3v) is 8.73. The summed E-state index contributed by atoms with van der Waals surface area (Å²) >= 11 is 0. The number of aliphatic hydroxyl groups is 1. The lowest BCUT2D eigenvalue weighted by molar-refractivity contribution is -0.139. The first-order chi connectivity index (χ1) is 19.6. The van der Waals surface area contributed by atoms with Gasteiger partial charge < -0.3 is 15.3 Å². The molecule has 0 bridgehead atoms. The van der Waals surface area contributed by atoms with Crippen LogP contribution in [-0.4, -0.2) is 71.1 Å². The molecule has 0 radical (unpaired) electrons. The van der Waals surface area contributed by atoms with Crippen molar-refractivity contribution >= 4 is 17.7 Å². The van der Waals surface area contributed by atoms with Gasteiger partial charge in [0.25, 0.3) is 0 Å². The van der Waals surface area contributed by atoms with Crippen LogP contribution in [-0.2, 0) is 14.4 Å². The number of nitrogens with one attached hydrogen (secondary N) is 2. The number of hydrogen-bond donors (Lipinski definition) is 3. The molecule has 0 aromatic heterocycles. The Morgan fingerprint density at radius 1 is 0.976 bits per heavy atom. The average molecular weight is 575 g/mol. The third-order valence-electron chi connectivity index (χ3n) is 8.73. The summed E-state index contributed by atoms with van der Waals surface area (Å²) in [5.74, 6) is 2.71. The second kappa shape index (κ2) is 18.4. The van der Waals surface area contributed by atoms with Crippen molar-refractivity contribution < 1.29 is 19.5 Å². The molecule has 2 aliphatic rings. The molecular formula is C33H58N4O4. The van der Waals surface area contributed by atoms with Crippen LogP contribution in [0.3, 0.4) is 0 Å². The molecule has 0 saturated heterocycles. The number of amides is 3. The first kappa shape index (κ1) is 35.1. The standard InChI is InChI=1S/C33H58N4O4/c1-7-16-36(17-8-2)33(41)28-20-25(9-3)19-27(22-28)32(40)34-29(21-26-14-12-11-13-15-26)30(38)23-37(10-4)35-31(39)18-24(5)6/h3,24-30,38H,7-8,10-23H2,1-2,4-6H3,(H,34,40)(H,35,39). The Hall–Kier alpha value is -2.11. The number of aliphatic hydroxyl groups excluding tert-OH is 1. The van der Waals surface area contributed by atoms with E-state index in [0.717, 1.165) is 38.8 Å². The third kappa shape index (κ3) is 12.0. The van der Waals surface area contributed by atoms with E-state index in [-0.39, 0.29) is 47.9 Å². The van der Waals surface area contributed by atoms with Crippen LogP contribution in [0.4, 0.5) is 0 Å². The lowest BCUT2D eigenvalue weighted by atomic mass is 9.74. The van der Waals surface area contributed by atoms with Gasteiger partial charge in [0, 0.05) is 50.4 Å². The van der Waals surface area contributed by atoms with Crippen LogP contribution in [0.5, 0.6) is 0 Å². The summed E-state index contributed by atoms with van der Waals surface area (Å²) in [6.07, 6.45) is 15.4. The molecule has 8 nitrogen and oxygen atoms in total. The van der Waals surface area contributed by atoms with Gasteiger partial charge in [0.2, 0.25) is 17.7 Å². The monoisotopic (exact) mass is 574 g/mol. The Labute approximate surface area is 249 Å². The normalized spacial score (nSPS) is 23.0.